The molecule has 1 aliphatic heterocycles. The highest BCUT2D eigenvalue weighted by molar-refractivity contribution is 6.18. The summed E-state index contributed by atoms with van der Waals surface area (Å²) in [6.07, 6.45) is 3.04. The Morgan fingerprint density at radius 1 is 1.50 bits per heavy atom. The lowest BCUT2D eigenvalue weighted by molar-refractivity contribution is -0.0195. The normalized spacial score (nSPS) is 28.8. The maximum absolute atomic E-state index is 9.37. The van der Waals surface area contributed by atoms with Crippen LogP contribution in [-0.2, 0) is 0 Å². The molecule has 1 aliphatic rings. The van der Waals surface area contributed by atoms with Crippen LogP contribution in [0.1, 0.15) is 19.3 Å². The zero-order chi connectivity index (χ0) is 7.40. The molecule has 0 unspecified atom stereocenters. The Labute approximate surface area is 66.8 Å². The molecule has 0 radical (unpaired) electrons. The number of hydrogen-bond donors (Lipinski definition) is 1. The molecule has 10 heavy (non-hydrogen) atoms. The number of hydrogen-bond acceptors (Lipinski definition) is 2. The van der Waals surface area contributed by atoms with Crippen LogP contribution in [0, 0.1) is 0 Å². The fourth-order valence-corrected chi connectivity index (χ4v) is 1.56. The molecule has 1 rings (SSSR count). The molecule has 0 aromatic carbocycles. The Bertz CT molecular complexity index is 97.6. The SMILES string of the molecule is O[C@@H]1CCCCN1CCCl. The van der Waals surface area contributed by atoms with Gasteiger partial charge >= 0.3 is 0 Å². The van der Waals surface area contributed by atoms with Crippen molar-refractivity contribution >= 4 is 11.6 Å². The average molecular weight is 164 g/mol. The van der Waals surface area contributed by atoms with E-state index in [4.69, 9.17) is 11.6 Å². The first-order chi connectivity index (χ1) is 4.84. The molecular formula is C7H14ClNO. The lowest BCUT2D eigenvalue weighted by atomic mass is 10.1. The van der Waals surface area contributed by atoms with Crippen LogP contribution in [0.3, 0.4) is 0 Å². The molecule has 1 N–H and O–H groups in total. The van der Waals surface area contributed by atoms with Crippen molar-refractivity contribution in [2.75, 3.05) is 19.0 Å². The first-order valence-electron chi connectivity index (χ1n) is 3.82. The van der Waals surface area contributed by atoms with Gasteiger partial charge in [-0.1, -0.05) is 0 Å². The van der Waals surface area contributed by atoms with Crippen molar-refractivity contribution in [2.24, 2.45) is 0 Å². The van der Waals surface area contributed by atoms with E-state index in [9.17, 15) is 5.11 Å². The van der Waals surface area contributed by atoms with Crippen molar-refractivity contribution in [1.82, 2.24) is 4.90 Å². The minimum atomic E-state index is -0.229. The fourth-order valence-electron chi connectivity index (χ4n) is 1.34. The van der Waals surface area contributed by atoms with Gasteiger partial charge in [-0.2, -0.15) is 0 Å². The summed E-state index contributed by atoms with van der Waals surface area (Å²) in [7, 11) is 0. The maximum atomic E-state index is 9.37. The highest BCUT2D eigenvalue weighted by Crippen LogP contribution is 2.13. The van der Waals surface area contributed by atoms with Gasteiger partial charge in [-0.05, 0) is 19.3 Å². The van der Waals surface area contributed by atoms with E-state index < -0.39 is 0 Å². The van der Waals surface area contributed by atoms with Gasteiger partial charge in [-0.3, -0.25) is 4.90 Å². The third-order valence-electron chi connectivity index (χ3n) is 1.95. The van der Waals surface area contributed by atoms with Gasteiger partial charge in [0.2, 0.25) is 0 Å². The number of nitrogens with zero attached hydrogens (tertiary/aromatic N) is 1. The second kappa shape index (κ2) is 4.16. The number of alkyl halides is 1. The quantitative estimate of drug-likeness (QED) is 0.615. The van der Waals surface area contributed by atoms with Crippen molar-refractivity contribution < 1.29 is 5.11 Å². The van der Waals surface area contributed by atoms with E-state index in [1.807, 2.05) is 4.90 Å². The molecule has 3 heteroatoms. The monoisotopic (exact) mass is 163 g/mol. The van der Waals surface area contributed by atoms with E-state index >= 15 is 0 Å². The minimum absolute atomic E-state index is 0.229. The van der Waals surface area contributed by atoms with Crippen molar-refractivity contribution in [3.05, 3.63) is 0 Å². The van der Waals surface area contributed by atoms with Gasteiger partial charge in [0, 0.05) is 19.0 Å². The molecular weight excluding hydrogens is 150 g/mol. The standard InChI is InChI=1S/C7H14ClNO/c8-4-6-9-5-2-1-3-7(9)10/h7,10H,1-6H2/t7-/m1/s1. The Morgan fingerprint density at radius 3 is 2.90 bits per heavy atom. The Balaban J connectivity index is 2.25. The van der Waals surface area contributed by atoms with Crippen molar-refractivity contribution in [1.29, 1.82) is 0 Å². The van der Waals surface area contributed by atoms with Crippen molar-refractivity contribution in [3.63, 3.8) is 0 Å². The number of aliphatic hydroxyl groups is 1. The molecule has 0 amide bonds. The van der Waals surface area contributed by atoms with E-state index in [0.29, 0.717) is 5.88 Å². The molecule has 1 heterocycles. The van der Waals surface area contributed by atoms with E-state index in [0.717, 1.165) is 25.9 Å². The first kappa shape index (κ1) is 8.31. The third kappa shape index (κ3) is 2.11. The topological polar surface area (TPSA) is 23.5 Å². The van der Waals surface area contributed by atoms with E-state index in [-0.39, 0.29) is 6.23 Å². The number of halogens is 1. The molecule has 0 aliphatic carbocycles. The lowest BCUT2D eigenvalue weighted by Gasteiger charge is -2.31. The summed E-state index contributed by atoms with van der Waals surface area (Å²) in [5, 5.41) is 9.37. The van der Waals surface area contributed by atoms with Gasteiger partial charge in [0.25, 0.3) is 0 Å². The maximum Gasteiger partial charge on any atom is 0.107 e. The van der Waals surface area contributed by atoms with Gasteiger partial charge in [0.1, 0.15) is 6.23 Å². The Hall–Kier alpha value is 0.210. The van der Waals surface area contributed by atoms with Crippen LogP contribution in [0.4, 0.5) is 0 Å². The summed E-state index contributed by atoms with van der Waals surface area (Å²) in [5.41, 5.74) is 0. The van der Waals surface area contributed by atoms with E-state index in [1.54, 1.807) is 0 Å². The lowest BCUT2D eigenvalue weighted by Crippen LogP contribution is -2.40. The Kier molecular flexibility index (Phi) is 3.46. The zero-order valence-electron chi connectivity index (χ0n) is 6.09. The van der Waals surface area contributed by atoms with Crippen LogP contribution in [0.2, 0.25) is 0 Å². The predicted molar refractivity (Wildman–Crippen MR) is 42.2 cm³/mol. The van der Waals surface area contributed by atoms with Gasteiger partial charge < -0.3 is 5.11 Å². The van der Waals surface area contributed by atoms with Crippen LogP contribution >= 0.6 is 11.6 Å². The smallest absolute Gasteiger partial charge is 0.107 e. The molecule has 0 aromatic rings. The molecule has 0 spiro atoms. The predicted octanol–water partition coefficient (Wildman–Crippen LogP) is 1.03. The zero-order valence-corrected chi connectivity index (χ0v) is 6.85. The summed E-state index contributed by atoms with van der Waals surface area (Å²) in [4.78, 5) is 2.04. The summed E-state index contributed by atoms with van der Waals surface area (Å²) in [5.74, 6) is 0.622. The number of likely N-dealkylation sites (tertiary alicyclic amines) is 1. The van der Waals surface area contributed by atoms with Crippen LogP contribution in [0.5, 0.6) is 0 Å². The van der Waals surface area contributed by atoms with Gasteiger partial charge in [-0.15, -0.1) is 11.6 Å². The summed E-state index contributed by atoms with van der Waals surface area (Å²) in [6.45, 7) is 1.83. The fraction of sp³-hybridized carbons (Fsp3) is 1.00. The van der Waals surface area contributed by atoms with Crippen molar-refractivity contribution in [2.45, 2.75) is 25.5 Å². The second-order valence-corrected chi connectivity index (χ2v) is 3.08. The number of rotatable bonds is 2. The molecule has 1 atom stereocenters. The van der Waals surface area contributed by atoms with Gasteiger partial charge in [-0.25, -0.2) is 0 Å². The third-order valence-corrected chi connectivity index (χ3v) is 2.12. The van der Waals surface area contributed by atoms with Crippen LogP contribution < -0.4 is 0 Å². The molecule has 0 bridgehead atoms. The van der Waals surface area contributed by atoms with Crippen LogP contribution in [0.15, 0.2) is 0 Å². The summed E-state index contributed by atoms with van der Waals surface area (Å²) >= 11 is 5.55. The molecule has 1 saturated heterocycles. The molecule has 0 saturated carbocycles. The molecule has 60 valence electrons. The van der Waals surface area contributed by atoms with Crippen molar-refractivity contribution in [3.8, 4) is 0 Å². The van der Waals surface area contributed by atoms with E-state index in [2.05, 4.69) is 0 Å². The molecule has 2 nitrogen and oxygen atoms in total. The minimum Gasteiger partial charge on any atom is -0.378 e. The highest BCUT2D eigenvalue weighted by Gasteiger charge is 2.18. The van der Waals surface area contributed by atoms with Crippen LogP contribution in [-0.4, -0.2) is 35.2 Å². The Morgan fingerprint density at radius 2 is 2.30 bits per heavy atom. The summed E-state index contributed by atoms with van der Waals surface area (Å²) < 4.78 is 0. The number of piperidine rings is 1. The molecule has 0 aromatic heterocycles. The van der Waals surface area contributed by atoms with Gasteiger partial charge in [0.15, 0.2) is 0 Å². The average Bonchev–Trinajstić information content (AvgIpc) is 1.94. The van der Waals surface area contributed by atoms with Gasteiger partial charge in [0.05, 0.1) is 0 Å². The highest BCUT2D eigenvalue weighted by atomic mass is 35.5. The first-order valence-corrected chi connectivity index (χ1v) is 4.36. The summed E-state index contributed by atoms with van der Waals surface area (Å²) in [6, 6.07) is 0. The number of aliphatic hydroxyl groups excluding tert-OH is 1. The second-order valence-electron chi connectivity index (χ2n) is 2.70. The molecule has 1 fully saturated rings. The largest absolute Gasteiger partial charge is 0.378 e. The van der Waals surface area contributed by atoms with E-state index in [1.165, 1.54) is 6.42 Å². The van der Waals surface area contributed by atoms with Crippen LogP contribution in [0.25, 0.3) is 0 Å².